The molecule has 1 saturated heterocycles. The third-order valence-corrected chi connectivity index (χ3v) is 3.69. The molecular formula is C13H14BrFN2O2. The predicted molar refractivity (Wildman–Crippen MR) is 73.3 cm³/mol. The monoisotopic (exact) mass is 328 g/mol. The van der Waals surface area contributed by atoms with Crippen molar-refractivity contribution in [2.75, 3.05) is 4.90 Å². The van der Waals surface area contributed by atoms with Crippen molar-refractivity contribution < 1.29 is 14.0 Å². The topological polar surface area (TPSA) is 49.4 Å². The van der Waals surface area contributed by atoms with Gasteiger partial charge >= 0.3 is 0 Å². The molecule has 6 heteroatoms. The van der Waals surface area contributed by atoms with Crippen molar-refractivity contribution in [2.24, 2.45) is 0 Å². The van der Waals surface area contributed by atoms with E-state index in [-0.39, 0.29) is 17.5 Å². The van der Waals surface area contributed by atoms with Gasteiger partial charge in [-0.1, -0.05) is 22.9 Å². The number of carbonyl (C=O) groups is 2. The smallest absolute Gasteiger partial charge is 0.250 e. The Kier molecular flexibility index (Phi) is 3.89. The van der Waals surface area contributed by atoms with E-state index in [0.29, 0.717) is 10.9 Å². The molecule has 0 radical (unpaired) electrons. The summed E-state index contributed by atoms with van der Waals surface area (Å²) in [6.07, 6.45) is 0.478. The van der Waals surface area contributed by atoms with E-state index in [0.717, 1.165) is 0 Å². The molecule has 0 aliphatic carbocycles. The second-order valence-corrected chi connectivity index (χ2v) is 5.37. The summed E-state index contributed by atoms with van der Waals surface area (Å²) in [5, 5.41) is 2.63. The minimum absolute atomic E-state index is 0.133. The highest BCUT2D eigenvalue weighted by atomic mass is 79.9. The van der Waals surface area contributed by atoms with Gasteiger partial charge in [0.05, 0.1) is 5.69 Å². The summed E-state index contributed by atoms with van der Waals surface area (Å²) in [6.45, 7) is 3.38. The molecule has 2 atom stereocenters. The zero-order valence-corrected chi connectivity index (χ0v) is 12.2. The molecule has 0 bridgehead atoms. The number of nitrogens with zero attached hydrogens (tertiary/aromatic N) is 1. The number of rotatable bonds is 2. The molecule has 1 N–H and O–H groups in total. The van der Waals surface area contributed by atoms with Crippen LogP contribution in [-0.4, -0.2) is 23.9 Å². The molecule has 2 unspecified atom stereocenters. The van der Waals surface area contributed by atoms with Gasteiger partial charge in [-0.15, -0.1) is 0 Å². The van der Waals surface area contributed by atoms with Gasteiger partial charge in [-0.2, -0.15) is 0 Å². The lowest BCUT2D eigenvalue weighted by Gasteiger charge is -2.37. The molecule has 1 fully saturated rings. The summed E-state index contributed by atoms with van der Waals surface area (Å²) in [4.78, 5) is 25.3. The first-order valence-corrected chi connectivity index (χ1v) is 6.83. The fourth-order valence-corrected chi connectivity index (χ4v) is 2.44. The molecular weight excluding hydrogens is 315 g/mol. The van der Waals surface area contributed by atoms with Crippen LogP contribution in [0.15, 0.2) is 22.7 Å². The average Bonchev–Trinajstić information content (AvgIpc) is 2.36. The molecule has 2 rings (SSSR count). The molecule has 2 amide bonds. The van der Waals surface area contributed by atoms with Crippen LogP contribution in [0.25, 0.3) is 0 Å². The third-order valence-electron chi connectivity index (χ3n) is 3.20. The lowest BCUT2D eigenvalue weighted by Crippen LogP contribution is -2.62. The second kappa shape index (κ2) is 5.28. The Balaban J connectivity index is 2.45. The van der Waals surface area contributed by atoms with Crippen molar-refractivity contribution in [3.8, 4) is 0 Å². The van der Waals surface area contributed by atoms with Crippen LogP contribution in [0.5, 0.6) is 0 Å². The van der Waals surface area contributed by atoms with Gasteiger partial charge in [0.1, 0.15) is 17.9 Å². The van der Waals surface area contributed by atoms with Gasteiger partial charge in [0.2, 0.25) is 11.8 Å². The highest BCUT2D eigenvalue weighted by Gasteiger charge is 2.39. The Labute approximate surface area is 119 Å². The molecule has 1 aromatic carbocycles. The van der Waals surface area contributed by atoms with Crippen molar-refractivity contribution in [3.63, 3.8) is 0 Å². The van der Waals surface area contributed by atoms with E-state index in [4.69, 9.17) is 0 Å². The first-order valence-electron chi connectivity index (χ1n) is 6.04. The van der Waals surface area contributed by atoms with Crippen molar-refractivity contribution in [2.45, 2.75) is 32.4 Å². The summed E-state index contributed by atoms with van der Waals surface area (Å²) in [5.74, 6) is -1.08. The van der Waals surface area contributed by atoms with E-state index in [1.165, 1.54) is 17.0 Å². The third kappa shape index (κ3) is 2.49. The number of amides is 2. The van der Waals surface area contributed by atoms with Gasteiger partial charge in [0.25, 0.3) is 0 Å². The minimum atomic E-state index is -0.717. The van der Waals surface area contributed by atoms with Gasteiger partial charge < -0.3 is 5.32 Å². The number of halogens is 2. The van der Waals surface area contributed by atoms with E-state index < -0.39 is 17.9 Å². The Bertz CT molecular complexity index is 535. The van der Waals surface area contributed by atoms with Crippen LogP contribution in [0.3, 0.4) is 0 Å². The maximum Gasteiger partial charge on any atom is 0.250 e. The van der Waals surface area contributed by atoms with Crippen LogP contribution in [0, 0.1) is 5.82 Å². The number of carbonyl (C=O) groups excluding carboxylic acids is 2. The normalized spacial score (nSPS) is 23.5. The van der Waals surface area contributed by atoms with Crippen LogP contribution in [0.1, 0.15) is 20.3 Å². The van der Waals surface area contributed by atoms with Crippen LogP contribution in [-0.2, 0) is 9.59 Å². The average molecular weight is 329 g/mol. The van der Waals surface area contributed by atoms with Crippen LogP contribution >= 0.6 is 15.9 Å². The molecule has 0 saturated carbocycles. The quantitative estimate of drug-likeness (QED) is 0.904. The van der Waals surface area contributed by atoms with Crippen LogP contribution in [0.4, 0.5) is 10.1 Å². The molecule has 102 valence electrons. The molecule has 0 spiro atoms. The van der Waals surface area contributed by atoms with E-state index in [2.05, 4.69) is 21.2 Å². The summed E-state index contributed by atoms with van der Waals surface area (Å²) < 4.78 is 14.6. The number of hydrogen-bond donors (Lipinski definition) is 1. The highest BCUT2D eigenvalue weighted by Crippen LogP contribution is 2.27. The number of anilines is 1. The lowest BCUT2D eigenvalue weighted by atomic mass is 10.1. The van der Waals surface area contributed by atoms with Crippen molar-refractivity contribution in [3.05, 3.63) is 28.5 Å². The van der Waals surface area contributed by atoms with Gasteiger partial charge in [-0.25, -0.2) is 4.39 Å². The van der Waals surface area contributed by atoms with Crippen molar-refractivity contribution in [1.29, 1.82) is 0 Å². The largest absolute Gasteiger partial charge is 0.343 e. The number of hydrogen-bond acceptors (Lipinski definition) is 2. The van der Waals surface area contributed by atoms with E-state index >= 15 is 0 Å². The first-order chi connectivity index (χ1) is 8.95. The summed E-state index contributed by atoms with van der Waals surface area (Å²) in [6, 6.07) is 3.12. The zero-order chi connectivity index (χ0) is 14.2. The predicted octanol–water partition coefficient (Wildman–Crippen LogP) is 2.22. The molecule has 19 heavy (non-hydrogen) atoms. The molecule has 1 aliphatic rings. The Morgan fingerprint density at radius 1 is 1.42 bits per heavy atom. The number of nitrogens with one attached hydrogen (secondary N) is 1. The Morgan fingerprint density at radius 3 is 2.68 bits per heavy atom. The van der Waals surface area contributed by atoms with Gasteiger partial charge in [-0.3, -0.25) is 14.5 Å². The zero-order valence-electron chi connectivity index (χ0n) is 10.6. The molecule has 4 nitrogen and oxygen atoms in total. The minimum Gasteiger partial charge on any atom is -0.343 e. The summed E-state index contributed by atoms with van der Waals surface area (Å²) in [7, 11) is 0. The molecule has 1 aliphatic heterocycles. The maximum absolute atomic E-state index is 14.0. The summed E-state index contributed by atoms with van der Waals surface area (Å²) in [5.41, 5.74) is 0.133. The van der Waals surface area contributed by atoms with Gasteiger partial charge in [0, 0.05) is 4.47 Å². The van der Waals surface area contributed by atoms with E-state index in [9.17, 15) is 14.0 Å². The fraction of sp³-hybridized carbons (Fsp3) is 0.385. The lowest BCUT2D eigenvalue weighted by molar-refractivity contribution is -0.133. The van der Waals surface area contributed by atoms with Crippen molar-refractivity contribution in [1.82, 2.24) is 5.32 Å². The SMILES string of the molecule is CCC1NC(=O)C(C)N(c2ccc(Br)cc2F)C1=O. The molecule has 0 aromatic heterocycles. The number of piperazine rings is 1. The Morgan fingerprint density at radius 2 is 2.11 bits per heavy atom. The van der Waals surface area contributed by atoms with Crippen LogP contribution in [0.2, 0.25) is 0 Å². The first kappa shape index (κ1) is 14.0. The van der Waals surface area contributed by atoms with E-state index in [1.54, 1.807) is 19.9 Å². The molecule has 1 heterocycles. The molecule has 1 aromatic rings. The number of benzene rings is 1. The van der Waals surface area contributed by atoms with E-state index in [1.807, 2.05) is 0 Å². The maximum atomic E-state index is 14.0. The van der Waals surface area contributed by atoms with Gasteiger partial charge in [0.15, 0.2) is 0 Å². The van der Waals surface area contributed by atoms with Crippen LogP contribution < -0.4 is 10.2 Å². The highest BCUT2D eigenvalue weighted by molar-refractivity contribution is 9.10. The van der Waals surface area contributed by atoms with Gasteiger partial charge in [-0.05, 0) is 31.5 Å². The second-order valence-electron chi connectivity index (χ2n) is 4.45. The standard InChI is InChI=1S/C13H14BrFN2O2/c1-3-10-13(19)17(7(2)12(18)16-10)11-5-4-8(14)6-9(11)15/h4-7,10H,3H2,1-2H3,(H,16,18). The summed E-state index contributed by atoms with van der Waals surface area (Å²) >= 11 is 3.17. The van der Waals surface area contributed by atoms with Crippen molar-refractivity contribution >= 4 is 33.4 Å². The fourth-order valence-electron chi connectivity index (χ4n) is 2.11. The Hall–Kier alpha value is -1.43.